The van der Waals surface area contributed by atoms with Crippen LogP contribution in [0.3, 0.4) is 0 Å². The van der Waals surface area contributed by atoms with Gasteiger partial charge in [-0.05, 0) is 47.9 Å². The number of carbonyl (C=O) groups excluding carboxylic acids is 1. The first-order valence-electron chi connectivity index (χ1n) is 8.80. The van der Waals surface area contributed by atoms with Crippen LogP contribution in [0.5, 0.6) is 0 Å². The van der Waals surface area contributed by atoms with Crippen LogP contribution in [0.2, 0.25) is 0 Å². The van der Waals surface area contributed by atoms with Crippen LogP contribution >= 0.6 is 0 Å². The third kappa shape index (κ3) is 3.29. The van der Waals surface area contributed by atoms with E-state index in [2.05, 4.69) is 34.3 Å². The van der Waals surface area contributed by atoms with Crippen LogP contribution < -0.4 is 5.32 Å². The number of aryl methyl sites for hydroxylation is 1. The second-order valence-corrected chi connectivity index (χ2v) is 6.68. The number of nitrogens with one attached hydrogen (secondary N) is 1. The molecule has 0 bridgehead atoms. The Morgan fingerprint density at radius 3 is 2.80 bits per heavy atom. The van der Waals surface area contributed by atoms with Crippen molar-refractivity contribution in [3.05, 3.63) is 72.2 Å². The second-order valence-electron chi connectivity index (χ2n) is 6.68. The summed E-state index contributed by atoms with van der Waals surface area (Å²) in [5.74, 6) is -0.202. The number of hydrogen-bond acceptors (Lipinski definition) is 1. The number of fused-ring (bicyclic) bond motifs is 1. The highest BCUT2D eigenvalue weighted by molar-refractivity contribution is 5.83. The summed E-state index contributed by atoms with van der Waals surface area (Å²) < 4.78 is 16.0. The highest BCUT2D eigenvalue weighted by atomic mass is 19.1. The molecule has 0 aliphatic heterocycles. The first kappa shape index (κ1) is 15.9. The summed E-state index contributed by atoms with van der Waals surface area (Å²) in [5.41, 5.74) is 1.89. The van der Waals surface area contributed by atoms with Gasteiger partial charge in [0, 0.05) is 30.7 Å². The number of para-hydroxylation sites is 1. The minimum Gasteiger partial charge on any atom is -0.356 e. The standard InChI is InChI=1S/C21H21FN2O/c22-19-8-3-2-7-16(19)17-14-18(17)21(25)23-11-5-12-24-13-10-15-6-1-4-9-20(15)24/h1-4,6-10,13,17-18H,5,11-12,14H2,(H,23,25). The average molecular weight is 336 g/mol. The van der Waals surface area contributed by atoms with E-state index in [4.69, 9.17) is 0 Å². The summed E-state index contributed by atoms with van der Waals surface area (Å²) in [5, 5.41) is 4.23. The molecule has 0 radical (unpaired) electrons. The SMILES string of the molecule is O=C(NCCCn1ccc2ccccc21)C1CC1c1ccccc1F. The van der Waals surface area contributed by atoms with Gasteiger partial charge >= 0.3 is 0 Å². The van der Waals surface area contributed by atoms with Crippen molar-refractivity contribution in [2.75, 3.05) is 6.54 Å². The molecule has 4 heteroatoms. The summed E-state index contributed by atoms with van der Waals surface area (Å²) in [4.78, 5) is 12.2. The van der Waals surface area contributed by atoms with Gasteiger partial charge in [-0.25, -0.2) is 4.39 Å². The Labute approximate surface area is 146 Å². The van der Waals surface area contributed by atoms with Crippen LogP contribution in [-0.2, 0) is 11.3 Å². The molecule has 1 aliphatic rings. The Morgan fingerprint density at radius 2 is 1.92 bits per heavy atom. The van der Waals surface area contributed by atoms with Crippen molar-refractivity contribution >= 4 is 16.8 Å². The molecule has 1 amide bonds. The molecule has 2 atom stereocenters. The first-order valence-corrected chi connectivity index (χ1v) is 8.80. The lowest BCUT2D eigenvalue weighted by Crippen LogP contribution is -2.27. The Balaban J connectivity index is 1.26. The van der Waals surface area contributed by atoms with E-state index < -0.39 is 0 Å². The fraction of sp³-hybridized carbons (Fsp3) is 0.286. The molecule has 1 saturated carbocycles. The smallest absolute Gasteiger partial charge is 0.223 e. The molecule has 3 aromatic rings. The number of rotatable bonds is 6. The highest BCUT2D eigenvalue weighted by Crippen LogP contribution is 2.48. The molecule has 3 nitrogen and oxygen atoms in total. The Kier molecular flexibility index (Phi) is 4.26. The van der Waals surface area contributed by atoms with Crippen LogP contribution in [-0.4, -0.2) is 17.0 Å². The quantitative estimate of drug-likeness (QED) is 0.676. The number of halogens is 1. The van der Waals surface area contributed by atoms with E-state index in [1.54, 1.807) is 12.1 Å². The molecule has 0 spiro atoms. The Morgan fingerprint density at radius 1 is 1.12 bits per heavy atom. The summed E-state index contributed by atoms with van der Waals surface area (Å²) in [7, 11) is 0. The van der Waals surface area contributed by atoms with Crippen molar-refractivity contribution in [2.45, 2.75) is 25.3 Å². The average Bonchev–Trinajstić information content (AvgIpc) is 3.32. The van der Waals surface area contributed by atoms with Crippen molar-refractivity contribution in [3.63, 3.8) is 0 Å². The largest absolute Gasteiger partial charge is 0.356 e. The van der Waals surface area contributed by atoms with Gasteiger partial charge in [0.15, 0.2) is 0 Å². The van der Waals surface area contributed by atoms with Gasteiger partial charge < -0.3 is 9.88 Å². The van der Waals surface area contributed by atoms with Gasteiger partial charge in [-0.2, -0.15) is 0 Å². The molecule has 0 saturated heterocycles. The molecule has 2 unspecified atom stereocenters. The molecule has 2 aromatic carbocycles. The van der Waals surface area contributed by atoms with E-state index >= 15 is 0 Å². The van der Waals surface area contributed by atoms with E-state index in [9.17, 15) is 9.18 Å². The summed E-state index contributed by atoms with van der Waals surface area (Å²) in [6, 6.07) is 17.1. The van der Waals surface area contributed by atoms with Crippen molar-refractivity contribution in [1.29, 1.82) is 0 Å². The topological polar surface area (TPSA) is 34.0 Å². The van der Waals surface area contributed by atoms with Crippen LogP contribution in [0.15, 0.2) is 60.8 Å². The van der Waals surface area contributed by atoms with Gasteiger partial charge in [-0.15, -0.1) is 0 Å². The predicted molar refractivity (Wildman–Crippen MR) is 96.8 cm³/mol. The zero-order valence-corrected chi connectivity index (χ0v) is 14.0. The maximum atomic E-state index is 13.8. The third-order valence-electron chi connectivity index (χ3n) is 4.99. The minimum atomic E-state index is -0.206. The van der Waals surface area contributed by atoms with Crippen LogP contribution in [0.25, 0.3) is 10.9 Å². The van der Waals surface area contributed by atoms with Crippen molar-refractivity contribution in [1.82, 2.24) is 9.88 Å². The second kappa shape index (κ2) is 6.71. The van der Waals surface area contributed by atoms with Gasteiger partial charge in [0.2, 0.25) is 5.91 Å². The summed E-state index contributed by atoms with van der Waals surface area (Å²) >= 11 is 0. The number of nitrogens with zero attached hydrogens (tertiary/aromatic N) is 1. The third-order valence-corrected chi connectivity index (χ3v) is 4.99. The molecule has 1 aliphatic carbocycles. The maximum absolute atomic E-state index is 13.8. The molecule has 1 fully saturated rings. The summed E-state index contributed by atoms with van der Waals surface area (Å²) in [6.07, 6.45) is 3.71. The summed E-state index contributed by atoms with van der Waals surface area (Å²) in [6.45, 7) is 1.51. The molecule has 4 rings (SSSR count). The van der Waals surface area contributed by atoms with Crippen LogP contribution in [0.1, 0.15) is 24.3 Å². The Hall–Kier alpha value is -2.62. The molecule has 1 aromatic heterocycles. The molecule has 25 heavy (non-hydrogen) atoms. The zero-order valence-electron chi connectivity index (χ0n) is 14.0. The molecule has 128 valence electrons. The van der Waals surface area contributed by atoms with E-state index in [-0.39, 0.29) is 23.6 Å². The predicted octanol–water partition coefficient (Wildman–Crippen LogP) is 4.09. The molecule has 1 heterocycles. The lowest BCUT2D eigenvalue weighted by Gasteiger charge is -2.07. The van der Waals surface area contributed by atoms with Gasteiger partial charge in [0.05, 0.1) is 0 Å². The van der Waals surface area contributed by atoms with E-state index in [0.717, 1.165) is 19.4 Å². The van der Waals surface area contributed by atoms with Gasteiger partial charge in [-0.3, -0.25) is 4.79 Å². The van der Waals surface area contributed by atoms with Crippen molar-refractivity contribution < 1.29 is 9.18 Å². The van der Waals surface area contributed by atoms with E-state index in [0.29, 0.717) is 12.1 Å². The lowest BCUT2D eigenvalue weighted by molar-refractivity contribution is -0.122. The van der Waals surface area contributed by atoms with Crippen LogP contribution in [0, 0.1) is 11.7 Å². The van der Waals surface area contributed by atoms with Crippen LogP contribution in [0.4, 0.5) is 4.39 Å². The monoisotopic (exact) mass is 336 g/mol. The van der Waals surface area contributed by atoms with E-state index in [1.165, 1.54) is 17.0 Å². The Bertz CT molecular complexity index is 902. The molecular weight excluding hydrogens is 315 g/mol. The van der Waals surface area contributed by atoms with Crippen molar-refractivity contribution in [2.24, 2.45) is 5.92 Å². The van der Waals surface area contributed by atoms with Crippen molar-refractivity contribution in [3.8, 4) is 0 Å². The van der Waals surface area contributed by atoms with E-state index in [1.807, 2.05) is 18.2 Å². The number of carbonyl (C=O) groups is 1. The number of hydrogen-bond donors (Lipinski definition) is 1. The fourth-order valence-electron chi connectivity index (χ4n) is 3.53. The first-order chi connectivity index (χ1) is 12.2. The molecule has 1 N–H and O–H groups in total. The maximum Gasteiger partial charge on any atom is 0.223 e. The normalized spacial score (nSPS) is 19.1. The fourth-order valence-corrected chi connectivity index (χ4v) is 3.53. The lowest BCUT2D eigenvalue weighted by atomic mass is 10.1. The number of benzene rings is 2. The van der Waals surface area contributed by atoms with Gasteiger partial charge in [-0.1, -0.05) is 36.4 Å². The highest BCUT2D eigenvalue weighted by Gasteiger charge is 2.44. The number of amides is 1. The van der Waals surface area contributed by atoms with Gasteiger partial charge in [0.1, 0.15) is 5.82 Å². The minimum absolute atomic E-state index is 0.0367. The van der Waals surface area contributed by atoms with Gasteiger partial charge in [0.25, 0.3) is 0 Å². The number of aromatic nitrogens is 1. The zero-order chi connectivity index (χ0) is 17.2. The molecular formula is C21H21FN2O.